The number of quaternary nitrogens is 1. The van der Waals surface area contributed by atoms with Crippen molar-refractivity contribution in [2.24, 2.45) is 0 Å². The van der Waals surface area contributed by atoms with Gasteiger partial charge in [-0.3, -0.25) is 9.59 Å². The lowest BCUT2D eigenvalue weighted by atomic mass is 10.0. The van der Waals surface area contributed by atoms with E-state index in [9.17, 15) is 19.5 Å². The second-order valence-electron chi connectivity index (χ2n) is 30.1. The summed E-state index contributed by atoms with van der Waals surface area (Å²) >= 11 is 0. The normalized spacial score (nSPS) is 13.3. The average Bonchev–Trinajstić information content (AvgIpc) is 1.01. The third kappa shape index (κ3) is 84.6. The second kappa shape index (κ2) is 83.1. The number of carboxylic acids is 1. The number of rotatable bonds is 80. The molecule has 0 radical (unpaired) electrons. The van der Waals surface area contributed by atoms with Crippen molar-refractivity contribution in [3.8, 4) is 0 Å². The van der Waals surface area contributed by atoms with Crippen LogP contribution in [0.2, 0.25) is 0 Å². The number of hydrogen-bond acceptors (Lipinski definition) is 7. The van der Waals surface area contributed by atoms with E-state index >= 15 is 0 Å². The van der Waals surface area contributed by atoms with Gasteiger partial charge in [0, 0.05) is 12.8 Å². The van der Waals surface area contributed by atoms with Gasteiger partial charge in [-0.1, -0.05) is 411 Å². The number of allylic oxidation sites excluding steroid dienone is 22. The van der Waals surface area contributed by atoms with Gasteiger partial charge in [-0.15, -0.1) is 0 Å². The van der Waals surface area contributed by atoms with Crippen LogP contribution in [-0.4, -0.2) is 87.4 Å². The molecule has 0 bridgehead atoms. The maximum Gasteiger partial charge on any atom is 0.361 e. The molecule has 0 saturated heterocycles. The number of aliphatic carboxylic acids is 1. The SMILES string of the molecule is CC/C=C\C/C=C\C/C=C\C/C=C\C/C=C\C/C=C\C/C=C\C/C=C\C/C=C\C/C=C\C/C=C\CCCCCCCCCC(=O)OC(COC(=O)CCCCCCCCCCCCCCCCCCCCCCCCCCCCCCCCCCCCCCC)COC(OCC[N+](C)(C)C)C(=O)O. The summed E-state index contributed by atoms with van der Waals surface area (Å²) in [6.45, 7) is 4.79. The maximum absolute atomic E-state index is 13.0. The lowest BCUT2D eigenvalue weighted by molar-refractivity contribution is -0.870. The summed E-state index contributed by atoms with van der Waals surface area (Å²) in [5.74, 6) is -2.01. The average molecular weight is 1440 g/mol. The maximum atomic E-state index is 13.0. The Morgan fingerprint density at radius 1 is 0.301 bits per heavy atom. The van der Waals surface area contributed by atoms with Crippen molar-refractivity contribution in [3.63, 3.8) is 0 Å². The lowest BCUT2D eigenvalue weighted by Crippen LogP contribution is -2.40. The Morgan fingerprint density at radius 2 is 0.553 bits per heavy atom. The summed E-state index contributed by atoms with van der Waals surface area (Å²) in [6, 6.07) is 0. The Balaban J connectivity index is 4.05. The standard InChI is InChI=1S/C94H163NO8/c1-6-8-10-12-14-16-18-20-22-24-26-28-30-32-34-36-38-40-42-44-45-46-47-49-51-53-55-57-59-61-63-65-67-69-71-73-75-77-79-81-83-85-92(97)103-90(89-102-94(93(98)99)100-87-86-95(3,4)5)88-101-91(96)84-82-80-78-76-74-72-70-68-66-64-62-60-58-56-54-52-50-48-43-41-39-37-35-33-31-29-27-25-23-21-19-17-15-13-11-9-7-2/h8,10,14,16,20,22,26,28,32,34,38,40,44-45,47,49,53,55,59,61,65,67,90,94H,6-7,9,11-13,15,17-19,21,23-25,27,29-31,33,35-37,39,41-43,46,48,50-52,54,56-58,60,62-64,66,68-89H2,1-5H3/p+1/b10-8-,16-14-,22-20-,28-26-,34-32-,40-38-,45-44-,49-47-,55-53-,61-59-,67-65-. The van der Waals surface area contributed by atoms with E-state index in [1.165, 1.54) is 238 Å². The first kappa shape index (κ1) is 98.4. The van der Waals surface area contributed by atoms with E-state index in [1.807, 2.05) is 21.1 Å². The Labute approximate surface area is 637 Å². The van der Waals surface area contributed by atoms with Gasteiger partial charge in [0.25, 0.3) is 6.29 Å². The van der Waals surface area contributed by atoms with Crippen molar-refractivity contribution >= 4 is 17.9 Å². The molecular formula is C94H164NO8+. The Morgan fingerprint density at radius 3 is 0.825 bits per heavy atom. The molecule has 0 aliphatic carbocycles. The predicted octanol–water partition coefficient (Wildman–Crippen LogP) is 28.4. The first-order valence-electron chi connectivity index (χ1n) is 43.3. The van der Waals surface area contributed by atoms with Crippen molar-refractivity contribution in [3.05, 3.63) is 134 Å². The molecule has 0 heterocycles. The van der Waals surface area contributed by atoms with E-state index in [0.717, 1.165) is 116 Å². The van der Waals surface area contributed by atoms with Crippen LogP contribution in [0.3, 0.4) is 0 Å². The zero-order valence-electron chi connectivity index (χ0n) is 67.9. The van der Waals surface area contributed by atoms with Crippen LogP contribution in [0.4, 0.5) is 0 Å². The number of carbonyl (C=O) groups is 3. The molecule has 0 rings (SSSR count). The summed E-state index contributed by atoms with van der Waals surface area (Å²) in [7, 11) is 5.98. The van der Waals surface area contributed by atoms with Gasteiger partial charge in [0.05, 0.1) is 34.4 Å². The molecule has 0 aromatic rings. The molecule has 0 spiro atoms. The molecule has 2 unspecified atom stereocenters. The molecule has 0 aromatic carbocycles. The molecule has 0 aliphatic heterocycles. The molecule has 0 saturated carbocycles. The van der Waals surface area contributed by atoms with E-state index in [2.05, 4.69) is 148 Å². The topological polar surface area (TPSA) is 108 Å². The predicted molar refractivity (Wildman–Crippen MR) is 447 cm³/mol. The van der Waals surface area contributed by atoms with Crippen LogP contribution in [0.5, 0.6) is 0 Å². The summed E-state index contributed by atoms with van der Waals surface area (Å²) in [5.41, 5.74) is 0. The van der Waals surface area contributed by atoms with Gasteiger partial charge in [0.2, 0.25) is 0 Å². The van der Waals surface area contributed by atoms with Crippen LogP contribution in [0.15, 0.2) is 134 Å². The number of unbranched alkanes of at least 4 members (excludes halogenated alkanes) is 43. The van der Waals surface area contributed by atoms with Gasteiger partial charge in [-0.25, -0.2) is 4.79 Å². The van der Waals surface area contributed by atoms with Crippen molar-refractivity contribution in [2.45, 2.75) is 399 Å². The molecule has 9 heteroatoms. The van der Waals surface area contributed by atoms with Crippen LogP contribution in [0.1, 0.15) is 386 Å². The number of likely N-dealkylation sites (N-methyl/N-ethyl adjacent to an activating group) is 1. The highest BCUT2D eigenvalue weighted by molar-refractivity contribution is 5.71. The van der Waals surface area contributed by atoms with Crippen LogP contribution < -0.4 is 0 Å². The molecule has 0 aromatic heterocycles. The van der Waals surface area contributed by atoms with E-state index in [1.54, 1.807) is 0 Å². The van der Waals surface area contributed by atoms with Gasteiger partial charge < -0.3 is 28.5 Å². The third-order valence-corrected chi connectivity index (χ3v) is 18.9. The quantitative estimate of drug-likeness (QED) is 0.0211. The molecule has 9 nitrogen and oxygen atoms in total. The smallest absolute Gasteiger partial charge is 0.361 e. The monoisotopic (exact) mass is 1440 g/mol. The van der Waals surface area contributed by atoms with Crippen molar-refractivity contribution in [1.29, 1.82) is 0 Å². The first-order valence-corrected chi connectivity index (χ1v) is 43.3. The summed E-state index contributed by atoms with van der Waals surface area (Å²) in [5, 5.41) is 9.79. The van der Waals surface area contributed by atoms with Crippen molar-refractivity contribution < 1.29 is 42.9 Å². The summed E-state index contributed by atoms with van der Waals surface area (Å²) < 4.78 is 23.1. The second-order valence-corrected chi connectivity index (χ2v) is 30.1. The van der Waals surface area contributed by atoms with Gasteiger partial charge in [0.1, 0.15) is 13.2 Å². The Hall–Kier alpha value is -4.57. The molecule has 2 atom stereocenters. The van der Waals surface area contributed by atoms with Crippen LogP contribution >= 0.6 is 0 Å². The largest absolute Gasteiger partial charge is 0.477 e. The summed E-state index contributed by atoms with van der Waals surface area (Å²) in [6.07, 6.45) is 118. The number of carboxylic acid groups (broad SMARTS) is 1. The molecule has 1 N–H and O–H groups in total. The fraction of sp³-hybridized carbons (Fsp3) is 0.734. The molecule has 0 amide bonds. The number of ether oxygens (including phenoxy) is 4. The number of nitrogens with zero attached hydrogens (tertiary/aromatic N) is 1. The highest BCUT2D eigenvalue weighted by Crippen LogP contribution is 2.20. The minimum atomic E-state index is -1.52. The first-order chi connectivity index (χ1) is 50.6. The van der Waals surface area contributed by atoms with Crippen molar-refractivity contribution in [1.82, 2.24) is 0 Å². The van der Waals surface area contributed by atoms with Crippen molar-refractivity contribution in [2.75, 3.05) is 47.5 Å². The molecule has 592 valence electrons. The Kier molecular flexibility index (Phi) is 79.4. The molecular weight excluding hydrogens is 1270 g/mol. The highest BCUT2D eigenvalue weighted by Gasteiger charge is 2.25. The van der Waals surface area contributed by atoms with E-state index in [0.29, 0.717) is 23.9 Å². The van der Waals surface area contributed by atoms with Crippen LogP contribution in [0, 0.1) is 0 Å². The number of hydrogen-bond donors (Lipinski definition) is 1. The molecule has 0 aliphatic rings. The molecule has 0 fully saturated rings. The fourth-order valence-corrected chi connectivity index (χ4v) is 12.4. The zero-order valence-corrected chi connectivity index (χ0v) is 67.9. The third-order valence-electron chi connectivity index (χ3n) is 18.9. The van der Waals surface area contributed by atoms with Crippen LogP contribution in [-0.2, 0) is 33.3 Å². The minimum absolute atomic E-state index is 0.181. The Bertz CT molecular complexity index is 2170. The molecule has 103 heavy (non-hydrogen) atoms. The fourth-order valence-electron chi connectivity index (χ4n) is 12.4. The van der Waals surface area contributed by atoms with E-state index < -0.39 is 24.3 Å². The number of carbonyl (C=O) groups excluding carboxylic acids is 2. The summed E-state index contributed by atoms with van der Waals surface area (Å²) in [4.78, 5) is 37.8. The van der Waals surface area contributed by atoms with Gasteiger partial charge >= 0.3 is 17.9 Å². The van der Waals surface area contributed by atoms with Gasteiger partial charge in [0.15, 0.2) is 6.10 Å². The zero-order chi connectivity index (χ0) is 74.6. The van der Waals surface area contributed by atoms with Gasteiger partial charge in [-0.2, -0.15) is 0 Å². The van der Waals surface area contributed by atoms with E-state index in [-0.39, 0.29) is 32.2 Å². The van der Waals surface area contributed by atoms with Gasteiger partial charge in [-0.05, 0) is 96.3 Å². The highest BCUT2D eigenvalue weighted by atomic mass is 16.7. The number of esters is 2. The lowest BCUT2D eigenvalue weighted by Gasteiger charge is -2.25. The van der Waals surface area contributed by atoms with Crippen LogP contribution in [0.25, 0.3) is 0 Å². The minimum Gasteiger partial charge on any atom is -0.477 e. The van der Waals surface area contributed by atoms with E-state index in [4.69, 9.17) is 18.9 Å².